The number of anilines is 3. The van der Waals surface area contributed by atoms with Gasteiger partial charge in [0.05, 0.1) is 24.5 Å². The van der Waals surface area contributed by atoms with Crippen LogP contribution in [-0.2, 0) is 4.79 Å². The summed E-state index contributed by atoms with van der Waals surface area (Å²) in [6, 6.07) is 15.3. The van der Waals surface area contributed by atoms with E-state index in [-0.39, 0.29) is 12.5 Å². The van der Waals surface area contributed by atoms with Crippen molar-refractivity contribution in [3.8, 4) is 5.75 Å². The topological polar surface area (TPSA) is 62.4 Å². The van der Waals surface area contributed by atoms with Crippen LogP contribution in [0.3, 0.4) is 0 Å². The second-order valence-electron chi connectivity index (χ2n) is 6.18. The molecule has 0 saturated heterocycles. The molecule has 2 aromatic carbocycles. The summed E-state index contributed by atoms with van der Waals surface area (Å²) >= 11 is 0. The second-order valence-corrected chi connectivity index (χ2v) is 6.18. The maximum Gasteiger partial charge on any atom is 0.243 e. The standard InChI is InChI=1S/C20H27N3O2/c1-4-25-17-10-11-18(19(12-17)22-13-15(2)3)23-20(24)14-21-16-8-6-5-7-9-16/h5-12,15,21-22H,4,13-14H2,1-3H3,(H,23,24). The largest absolute Gasteiger partial charge is 0.494 e. The lowest BCUT2D eigenvalue weighted by Gasteiger charge is -2.16. The van der Waals surface area contributed by atoms with E-state index in [1.165, 1.54) is 0 Å². The van der Waals surface area contributed by atoms with Crippen LogP contribution < -0.4 is 20.7 Å². The molecule has 0 saturated carbocycles. The third-order valence-electron chi connectivity index (χ3n) is 3.50. The summed E-state index contributed by atoms with van der Waals surface area (Å²) < 4.78 is 5.55. The van der Waals surface area contributed by atoms with E-state index in [0.29, 0.717) is 12.5 Å². The molecule has 25 heavy (non-hydrogen) atoms. The fraction of sp³-hybridized carbons (Fsp3) is 0.350. The van der Waals surface area contributed by atoms with Gasteiger partial charge >= 0.3 is 0 Å². The average molecular weight is 341 g/mol. The molecule has 2 aromatic rings. The van der Waals surface area contributed by atoms with Crippen molar-refractivity contribution in [1.29, 1.82) is 0 Å². The molecule has 5 nitrogen and oxygen atoms in total. The van der Waals surface area contributed by atoms with E-state index in [9.17, 15) is 4.79 Å². The lowest BCUT2D eigenvalue weighted by atomic mass is 10.2. The Morgan fingerprint density at radius 1 is 1.04 bits per heavy atom. The van der Waals surface area contributed by atoms with Gasteiger partial charge < -0.3 is 20.7 Å². The molecule has 3 N–H and O–H groups in total. The van der Waals surface area contributed by atoms with Gasteiger partial charge in [-0.05, 0) is 37.1 Å². The fourth-order valence-corrected chi connectivity index (χ4v) is 2.28. The van der Waals surface area contributed by atoms with Crippen molar-refractivity contribution in [1.82, 2.24) is 0 Å². The molecule has 0 aliphatic rings. The molecule has 0 atom stereocenters. The first-order valence-corrected chi connectivity index (χ1v) is 8.68. The van der Waals surface area contributed by atoms with Crippen LogP contribution in [-0.4, -0.2) is 25.6 Å². The highest BCUT2D eigenvalue weighted by Gasteiger charge is 2.09. The molecular weight excluding hydrogens is 314 g/mol. The van der Waals surface area contributed by atoms with Crippen LogP contribution in [0.1, 0.15) is 20.8 Å². The molecule has 134 valence electrons. The van der Waals surface area contributed by atoms with E-state index in [4.69, 9.17) is 4.74 Å². The Balaban J connectivity index is 2.01. The minimum atomic E-state index is -0.0967. The molecule has 0 unspecified atom stereocenters. The predicted molar refractivity (Wildman–Crippen MR) is 105 cm³/mol. The number of rotatable bonds is 9. The van der Waals surface area contributed by atoms with E-state index in [0.717, 1.165) is 29.4 Å². The fourth-order valence-electron chi connectivity index (χ4n) is 2.28. The number of para-hydroxylation sites is 1. The Hall–Kier alpha value is -2.69. The zero-order valence-electron chi connectivity index (χ0n) is 15.1. The van der Waals surface area contributed by atoms with Gasteiger partial charge in [-0.15, -0.1) is 0 Å². The number of carbonyl (C=O) groups excluding carboxylic acids is 1. The first kappa shape index (κ1) is 18.6. The highest BCUT2D eigenvalue weighted by molar-refractivity contribution is 5.96. The summed E-state index contributed by atoms with van der Waals surface area (Å²) in [5.74, 6) is 1.19. The Kier molecular flexibility index (Phi) is 7.14. The minimum Gasteiger partial charge on any atom is -0.494 e. The summed E-state index contributed by atoms with van der Waals surface area (Å²) in [4.78, 5) is 12.3. The van der Waals surface area contributed by atoms with Crippen LogP contribution in [0.4, 0.5) is 17.1 Å². The van der Waals surface area contributed by atoms with Crippen molar-refractivity contribution in [2.75, 3.05) is 35.6 Å². The van der Waals surface area contributed by atoms with Gasteiger partial charge in [0.1, 0.15) is 5.75 Å². The number of amides is 1. The maximum absolute atomic E-state index is 12.3. The molecule has 0 spiro atoms. The first-order chi connectivity index (χ1) is 12.1. The number of benzene rings is 2. The van der Waals surface area contributed by atoms with Gasteiger partial charge in [0.15, 0.2) is 0 Å². The van der Waals surface area contributed by atoms with E-state index < -0.39 is 0 Å². The molecular formula is C20H27N3O2. The molecule has 0 heterocycles. The number of carbonyl (C=O) groups is 1. The van der Waals surface area contributed by atoms with Crippen LogP contribution in [0.2, 0.25) is 0 Å². The molecule has 0 bridgehead atoms. The quantitative estimate of drug-likeness (QED) is 0.639. The van der Waals surface area contributed by atoms with Crippen LogP contribution >= 0.6 is 0 Å². The van der Waals surface area contributed by atoms with Gasteiger partial charge in [0.25, 0.3) is 0 Å². The minimum absolute atomic E-state index is 0.0967. The van der Waals surface area contributed by atoms with E-state index >= 15 is 0 Å². The van der Waals surface area contributed by atoms with Gasteiger partial charge in [-0.2, -0.15) is 0 Å². The number of hydrogen-bond donors (Lipinski definition) is 3. The van der Waals surface area contributed by atoms with Crippen molar-refractivity contribution < 1.29 is 9.53 Å². The predicted octanol–water partition coefficient (Wildman–Crippen LogP) is 4.20. The van der Waals surface area contributed by atoms with E-state index in [2.05, 4.69) is 29.8 Å². The van der Waals surface area contributed by atoms with Crippen LogP contribution in [0.5, 0.6) is 5.75 Å². The van der Waals surface area contributed by atoms with Gasteiger partial charge in [-0.1, -0.05) is 32.0 Å². The summed E-state index contributed by atoms with van der Waals surface area (Å²) in [5.41, 5.74) is 2.54. The third-order valence-corrected chi connectivity index (χ3v) is 3.50. The normalized spacial score (nSPS) is 10.4. The zero-order valence-corrected chi connectivity index (χ0v) is 15.1. The first-order valence-electron chi connectivity index (χ1n) is 8.68. The van der Waals surface area contributed by atoms with Crippen molar-refractivity contribution in [2.45, 2.75) is 20.8 Å². The average Bonchev–Trinajstić information content (AvgIpc) is 2.61. The smallest absolute Gasteiger partial charge is 0.243 e. The molecule has 2 rings (SSSR count). The monoisotopic (exact) mass is 341 g/mol. The summed E-state index contributed by atoms with van der Waals surface area (Å²) in [7, 11) is 0. The number of ether oxygens (including phenoxy) is 1. The van der Waals surface area contributed by atoms with Crippen molar-refractivity contribution in [3.63, 3.8) is 0 Å². The van der Waals surface area contributed by atoms with E-state index in [1.807, 2.05) is 55.5 Å². The summed E-state index contributed by atoms with van der Waals surface area (Å²) in [6.45, 7) is 7.87. The summed E-state index contributed by atoms with van der Waals surface area (Å²) in [6.07, 6.45) is 0. The van der Waals surface area contributed by atoms with Gasteiger partial charge in [0.2, 0.25) is 5.91 Å². The maximum atomic E-state index is 12.3. The molecule has 0 aliphatic carbocycles. The number of hydrogen-bond acceptors (Lipinski definition) is 4. The Morgan fingerprint density at radius 2 is 1.80 bits per heavy atom. The van der Waals surface area contributed by atoms with Crippen LogP contribution in [0.15, 0.2) is 48.5 Å². The third kappa shape index (κ3) is 6.37. The highest BCUT2D eigenvalue weighted by Crippen LogP contribution is 2.27. The SMILES string of the molecule is CCOc1ccc(NC(=O)CNc2ccccc2)c(NCC(C)C)c1. The Bertz CT molecular complexity index is 672. The van der Waals surface area contributed by atoms with Gasteiger partial charge in [0, 0.05) is 18.3 Å². The Labute approximate surface area is 149 Å². The highest BCUT2D eigenvalue weighted by atomic mass is 16.5. The van der Waals surface area contributed by atoms with Crippen molar-refractivity contribution >= 4 is 23.0 Å². The lowest BCUT2D eigenvalue weighted by molar-refractivity contribution is -0.114. The lowest BCUT2D eigenvalue weighted by Crippen LogP contribution is -2.22. The Morgan fingerprint density at radius 3 is 2.48 bits per heavy atom. The molecule has 0 fully saturated rings. The van der Waals surface area contributed by atoms with E-state index in [1.54, 1.807) is 0 Å². The van der Waals surface area contributed by atoms with Gasteiger partial charge in [-0.25, -0.2) is 0 Å². The molecule has 1 amide bonds. The zero-order chi connectivity index (χ0) is 18.1. The van der Waals surface area contributed by atoms with Crippen LogP contribution in [0.25, 0.3) is 0 Å². The molecule has 0 aromatic heterocycles. The van der Waals surface area contributed by atoms with Crippen molar-refractivity contribution in [2.24, 2.45) is 5.92 Å². The van der Waals surface area contributed by atoms with Gasteiger partial charge in [-0.3, -0.25) is 4.79 Å². The molecule has 0 radical (unpaired) electrons. The number of nitrogens with one attached hydrogen (secondary N) is 3. The van der Waals surface area contributed by atoms with Crippen molar-refractivity contribution in [3.05, 3.63) is 48.5 Å². The summed E-state index contributed by atoms with van der Waals surface area (Å²) in [5, 5.41) is 9.44. The molecule has 5 heteroatoms. The second kappa shape index (κ2) is 9.57. The molecule has 0 aliphatic heterocycles. The van der Waals surface area contributed by atoms with Crippen LogP contribution in [0, 0.1) is 5.92 Å².